The summed E-state index contributed by atoms with van der Waals surface area (Å²) in [4.78, 5) is 44.4. The molecule has 0 aliphatic carbocycles. The Hall–Kier alpha value is -3.93. The van der Waals surface area contributed by atoms with Gasteiger partial charge in [0.25, 0.3) is 23.2 Å². The second kappa shape index (κ2) is 10.0. The van der Waals surface area contributed by atoms with Crippen molar-refractivity contribution in [2.24, 2.45) is 0 Å². The zero-order valence-electron chi connectivity index (χ0n) is 15.7. The Kier molecular flexibility index (Phi) is 7.47. The van der Waals surface area contributed by atoms with Gasteiger partial charge in [0.05, 0.1) is 21.5 Å². The summed E-state index contributed by atoms with van der Waals surface area (Å²) in [5, 5.41) is 29.5. The fourth-order valence-corrected chi connectivity index (χ4v) is 2.53. The Morgan fingerprint density at radius 3 is 2.00 bits per heavy atom. The summed E-state index contributed by atoms with van der Waals surface area (Å²) in [5.74, 6) is -1.07. The van der Waals surface area contributed by atoms with Crippen molar-refractivity contribution in [1.29, 1.82) is 0 Å². The molecule has 0 bridgehead atoms. The van der Waals surface area contributed by atoms with Crippen LogP contribution in [0.15, 0.2) is 42.5 Å². The number of anilines is 1. The van der Waals surface area contributed by atoms with Gasteiger partial charge in [-0.2, -0.15) is 0 Å². The first-order valence-corrected chi connectivity index (χ1v) is 9.06. The van der Waals surface area contributed by atoms with E-state index in [0.29, 0.717) is 17.8 Å². The van der Waals surface area contributed by atoms with Crippen LogP contribution in [0.1, 0.15) is 34.1 Å². The van der Waals surface area contributed by atoms with Gasteiger partial charge < -0.3 is 10.6 Å². The number of carbonyl (C=O) groups excluding carboxylic acids is 2. The van der Waals surface area contributed by atoms with Gasteiger partial charge in [0.2, 0.25) is 0 Å². The van der Waals surface area contributed by atoms with Crippen LogP contribution in [0, 0.1) is 20.2 Å². The number of benzene rings is 2. The van der Waals surface area contributed by atoms with Crippen molar-refractivity contribution >= 4 is 46.2 Å². The minimum atomic E-state index is -0.852. The number of non-ortho nitro benzene ring substituents is 2. The van der Waals surface area contributed by atoms with E-state index in [1.165, 1.54) is 0 Å². The molecule has 12 heteroatoms. The van der Waals surface area contributed by atoms with E-state index in [9.17, 15) is 29.8 Å². The van der Waals surface area contributed by atoms with Crippen LogP contribution in [-0.2, 0) is 0 Å². The van der Waals surface area contributed by atoms with E-state index in [-0.39, 0.29) is 16.6 Å². The standard InChI is InChI=1S/C18H17N5O6S/c1-2-7-19-16(24)11-3-5-13(6-4-11)20-18(30)21-17(25)12-8-14(22(26)27)10-15(9-12)23(28)29/h3-6,8-10H,2,7H2,1H3,(H,19,24)(H2,20,21,25,30). The summed E-state index contributed by atoms with van der Waals surface area (Å²) in [7, 11) is 0. The van der Waals surface area contributed by atoms with Crippen LogP contribution in [0.3, 0.4) is 0 Å². The molecule has 0 saturated carbocycles. The molecule has 0 aliphatic rings. The highest BCUT2D eigenvalue weighted by Gasteiger charge is 2.20. The average molecular weight is 431 g/mol. The van der Waals surface area contributed by atoms with Crippen LogP contribution in [0.2, 0.25) is 0 Å². The van der Waals surface area contributed by atoms with E-state index in [4.69, 9.17) is 12.2 Å². The van der Waals surface area contributed by atoms with Crippen LogP contribution in [-0.4, -0.2) is 33.3 Å². The molecule has 0 heterocycles. The van der Waals surface area contributed by atoms with Crippen LogP contribution >= 0.6 is 12.2 Å². The maximum Gasteiger partial charge on any atom is 0.277 e. The van der Waals surface area contributed by atoms with Crippen LogP contribution in [0.5, 0.6) is 0 Å². The van der Waals surface area contributed by atoms with Crippen molar-refractivity contribution in [3.8, 4) is 0 Å². The molecule has 0 unspecified atom stereocenters. The first-order chi connectivity index (χ1) is 14.2. The molecular formula is C18H17N5O6S. The van der Waals surface area contributed by atoms with Crippen LogP contribution < -0.4 is 16.0 Å². The Bertz CT molecular complexity index is 976. The minimum absolute atomic E-state index is 0.127. The number of hydrogen-bond donors (Lipinski definition) is 3. The Morgan fingerprint density at radius 1 is 0.933 bits per heavy atom. The molecule has 11 nitrogen and oxygen atoms in total. The summed E-state index contributed by atoms with van der Waals surface area (Å²) in [6.07, 6.45) is 0.813. The molecule has 0 atom stereocenters. The third kappa shape index (κ3) is 6.04. The molecule has 156 valence electrons. The van der Waals surface area contributed by atoms with Gasteiger partial charge in [0.15, 0.2) is 5.11 Å². The quantitative estimate of drug-likeness (QED) is 0.343. The molecule has 2 rings (SSSR count). The van der Waals surface area contributed by atoms with Gasteiger partial charge in [-0.3, -0.25) is 35.1 Å². The maximum absolute atomic E-state index is 12.3. The third-order valence-corrected chi connectivity index (χ3v) is 3.96. The molecule has 3 N–H and O–H groups in total. The smallest absolute Gasteiger partial charge is 0.277 e. The number of nitrogens with zero attached hydrogens (tertiary/aromatic N) is 2. The Balaban J connectivity index is 2.06. The summed E-state index contributed by atoms with van der Waals surface area (Å²) < 4.78 is 0. The molecule has 0 fully saturated rings. The minimum Gasteiger partial charge on any atom is -0.352 e. The van der Waals surface area contributed by atoms with E-state index >= 15 is 0 Å². The van der Waals surface area contributed by atoms with Crippen LogP contribution in [0.4, 0.5) is 17.1 Å². The molecule has 0 radical (unpaired) electrons. The average Bonchev–Trinajstić information content (AvgIpc) is 2.71. The number of thiocarbonyl (C=S) groups is 1. The fourth-order valence-electron chi connectivity index (χ4n) is 2.32. The molecule has 2 amide bonds. The highest BCUT2D eigenvalue weighted by Crippen LogP contribution is 2.22. The summed E-state index contributed by atoms with van der Waals surface area (Å²) >= 11 is 5.03. The number of hydrogen-bond acceptors (Lipinski definition) is 7. The molecule has 0 aliphatic heterocycles. The summed E-state index contributed by atoms with van der Waals surface area (Å²) in [6, 6.07) is 8.88. The highest BCUT2D eigenvalue weighted by atomic mass is 32.1. The normalized spacial score (nSPS) is 10.0. The van der Waals surface area contributed by atoms with E-state index in [1.807, 2.05) is 6.92 Å². The summed E-state index contributed by atoms with van der Waals surface area (Å²) in [5.41, 5.74) is -0.538. The first-order valence-electron chi connectivity index (χ1n) is 8.65. The predicted molar refractivity (Wildman–Crippen MR) is 113 cm³/mol. The zero-order valence-corrected chi connectivity index (χ0v) is 16.5. The first kappa shape index (κ1) is 22.4. The van der Waals surface area contributed by atoms with Gasteiger partial charge in [-0.25, -0.2) is 0 Å². The monoisotopic (exact) mass is 431 g/mol. The van der Waals surface area contributed by atoms with E-state index in [1.54, 1.807) is 24.3 Å². The molecule has 0 spiro atoms. The van der Waals surface area contributed by atoms with E-state index in [0.717, 1.165) is 24.6 Å². The van der Waals surface area contributed by atoms with Crippen molar-refractivity contribution in [1.82, 2.24) is 10.6 Å². The van der Waals surface area contributed by atoms with E-state index in [2.05, 4.69) is 16.0 Å². The second-order valence-corrected chi connectivity index (χ2v) is 6.40. The topological polar surface area (TPSA) is 157 Å². The van der Waals surface area contributed by atoms with E-state index < -0.39 is 27.1 Å². The lowest BCUT2D eigenvalue weighted by Crippen LogP contribution is -2.34. The Morgan fingerprint density at radius 2 is 1.50 bits per heavy atom. The van der Waals surface area contributed by atoms with Crippen molar-refractivity contribution in [3.63, 3.8) is 0 Å². The molecule has 2 aromatic carbocycles. The zero-order chi connectivity index (χ0) is 22.3. The summed E-state index contributed by atoms with van der Waals surface area (Å²) in [6.45, 7) is 2.50. The van der Waals surface area contributed by atoms with Gasteiger partial charge >= 0.3 is 0 Å². The number of amides is 2. The maximum atomic E-state index is 12.3. The number of nitrogens with one attached hydrogen (secondary N) is 3. The fraction of sp³-hybridized carbons (Fsp3) is 0.167. The van der Waals surface area contributed by atoms with Crippen molar-refractivity contribution in [2.45, 2.75) is 13.3 Å². The largest absolute Gasteiger partial charge is 0.352 e. The van der Waals surface area contributed by atoms with Crippen molar-refractivity contribution < 1.29 is 19.4 Å². The van der Waals surface area contributed by atoms with Gasteiger partial charge in [0, 0.05) is 29.9 Å². The lowest BCUT2D eigenvalue weighted by atomic mass is 10.1. The molecule has 0 aromatic heterocycles. The SMILES string of the molecule is CCCNC(=O)c1ccc(NC(=S)NC(=O)c2cc([N+](=O)[O-])cc([N+](=O)[O-])c2)cc1. The van der Waals surface area contributed by atoms with Gasteiger partial charge in [-0.1, -0.05) is 6.92 Å². The van der Waals surface area contributed by atoms with Crippen molar-refractivity contribution in [2.75, 3.05) is 11.9 Å². The molecular weight excluding hydrogens is 414 g/mol. The highest BCUT2D eigenvalue weighted by molar-refractivity contribution is 7.80. The number of nitro groups is 2. The van der Waals surface area contributed by atoms with Crippen LogP contribution in [0.25, 0.3) is 0 Å². The van der Waals surface area contributed by atoms with Gasteiger partial charge in [-0.05, 0) is 42.9 Å². The Labute approximate surface area is 175 Å². The number of nitro benzene ring substituents is 2. The lowest BCUT2D eigenvalue weighted by molar-refractivity contribution is -0.394. The number of rotatable bonds is 7. The molecule has 30 heavy (non-hydrogen) atoms. The van der Waals surface area contributed by atoms with Crippen molar-refractivity contribution in [3.05, 3.63) is 73.8 Å². The second-order valence-electron chi connectivity index (χ2n) is 5.99. The molecule has 0 saturated heterocycles. The molecule has 2 aromatic rings. The van der Waals surface area contributed by atoms with Gasteiger partial charge in [0.1, 0.15) is 0 Å². The third-order valence-electron chi connectivity index (χ3n) is 3.75. The lowest BCUT2D eigenvalue weighted by Gasteiger charge is -2.10. The predicted octanol–water partition coefficient (Wildman–Crippen LogP) is 2.77. The number of carbonyl (C=O) groups is 2. The van der Waals surface area contributed by atoms with Gasteiger partial charge in [-0.15, -0.1) is 0 Å².